The van der Waals surface area contributed by atoms with Gasteiger partial charge in [-0.15, -0.1) is 0 Å². The summed E-state index contributed by atoms with van der Waals surface area (Å²) in [5.74, 6) is 7.87. The van der Waals surface area contributed by atoms with Gasteiger partial charge in [0.1, 0.15) is 17.7 Å². The van der Waals surface area contributed by atoms with E-state index in [1.54, 1.807) is 14.2 Å². The van der Waals surface area contributed by atoms with Crippen molar-refractivity contribution in [2.45, 2.75) is 77.4 Å². The lowest BCUT2D eigenvalue weighted by Crippen LogP contribution is -2.51. The molecule has 2 saturated carbocycles. The second-order valence-electron chi connectivity index (χ2n) is 17.6. The molecule has 2 saturated heterocycles. The number of rotatable bonds is 12. The Labute approximate surface area is 392 Å². The number of fused-ring (bicyclic) bond motifs is 1. The van der Waals surface area contributed by atoms with E-state index in [1.165, 1.54) is 7.11 Å². The number of nitrogens with zero attached hydrogens (tertiary/aromatic N) is 4. The number of aromatic amines is 2. The number of ether oxygens (including phenoxy) is 3. The molecule has 4 heterocycles. The zero-order valence-electron chi connectivity index (χ0n) is 36.4. The van der Waals surface area contributed by atoms with Crippen LogP contribution in [0.5, 0.6) is 0 Å². The molecule has 3 N–H and O–H groups in total. The molecule has 2 aliphatic heterocycles. The highest BCUT2D eigenvalue weighted by Crippen LogP contribution is 2.59. The molecule has 4 aromatic rings. The van der Waals surface area contributed by atoms with E-state index in [9.17, 15) is 14.4 Å². The highest BCUT2D eigenvalue weighted by atomic mass is 32.1. The Bertz CT molecular complexity index is 2240. The normalized spacial score (nSPS) is 19.7. The lowest BCUT2D eigenvalue weighted by Gasteiger charge is -2.30. The monoisotopic (exact) mass is 925 g/mol. The van der Waals surface area contributed by atoms with Crippen molar-refractivity contribution >= 4 is 82.9 Å². The Morgan fingerprint density at radius 2 is 1.35 bits per heavy atom. The number of alkyl carbamates (subject to hydrolysis) is 1. The topological polar surface area (TPSA) is 155 Å². The molecule has 0 unspecified atom stereocenters. The summed E-state index contributed by atoms with van der Waals surface area (Å²) < 4.78 is 15.7. The van der Waals surface area contributed by atoms with Gasteiger partial charge in [-0.1, -0.05) is 44.7 Å². The number of benzene rings is 2. The number of methoxy groups -OCH3 is 3. The summed E-state index contributed by atoms with van der Waals surface area (Å²) in [6.45, 7) is 8.20. The molecule has 2 aromatic heterocycles. The van der Waals surface area contributed by atoms with E-state index in [0.717, 1.165) is 90.1 Å². The third kappa shape index (κ3) is 10.6. The van der Waals surface area contributed by atoms with E-state index < -0.39 is 12.1 Å². The molecule has 0 bridgehead atoms. The Kier molecular flexibility index (Phi) is 17.1. The van der Waals surface area contributed by atoms with Gasteiger partial charge >= 0.3 is 6.09 Å². The number of carbonyl (C=O) groups excluding carboxylic acids is 3. The number of likely N-dealkylation sites (tertiary alicyclic amines) is 2. The van der Waals surface area contributed by atoms with Crippen molar-refractivity contribution in [3.05, 3.63) is 71.4 Å². The second kappa shape index (κ2) is 20.8. The average Bonchev–Trinajstić information content (AvgIpc) is 3.83. The summed E-state index contributed by atoms with van der Waals surface area (Å²) in [7, 11) is 4.63. The number of amides is 3. The van der Waals surface area contributed by atoms with E-state index in [2.05, 4.69) is 27.1 Å². The number of carbonyl (C=O) groups is 3. The number of nitrogens with one attached hydrogen (secondary N) is 3. The van der Waals surface area contributed by atoms with Gasteiger partial charge in [0.25, 0.3) is 0 Å². The van der Waals surface area contributed by atoms with Gasteiger partial charge in [-0.2, -0.15) is 54.0 Å². The second-order valence-corrected chi connectivity index (χ2v) is 17.6. The van der Waals surface area contributed by atoms with Crippen molar-refractivity contribution in [2.24, 2.45) is 28.6 Å². The van der Waals surface area contributed by atoms with Gasteiger partial charge in [0.15, 0.2) is 0 Å². The maximum absolute atomic E-state index is 13.9. The average molecular weight is 926 g/mol. The zero-order chi connectivity index (χ0) is 40.8. The van der Waals surface area contributed by atoms with E-state index in [4.69, 9.17) is 24.2 Å². The van der Waals surface area contributed by atoms with Crippen LogP contribution in [0.2, 0.25) is 0 Å². The van der Waals surface area contributed by atoms with Crippen LogP contribution < -0.4 is 5.32 Å². The van der Waals surface area contributed by atoms with Gasteiger partial charge in [-0.05, 0) is 91.2 Å². The molecule has 4 fully saturated rings. The smallest absolute Gasteiger partial charge is 0.407 e. The highest BCUT2D eigenvalue weighted by molar-refractivity contribution is 7.59. The minimum atomic E-state index is -0.684. The van der Waals surface area contributed by atoms with Crippen LogP contribution in [-0.2, 0) is 23.8 Å². The van der Waals surface area contributed by atoms with E-state index >= 15 is 0 Å². The van der Waals surface area contributed by atoms with E-state index in [-0.39, 0.29) is 106 Å². The van der Waals surface area contributed by atoms with E-state index in [1.807, 2.05) is 79.2 Å². The highest BCUT2D eigenvalue weighted by Gasteiger charge is 2.56. The van der Waals surface area contributed by atoms with Crippen LogP contribution in [0.15, 0.2) is 48.7 Å². The van der Waals surface area contributed by atoms with Crippen LogP contribution in [0, 0.1) is 40.4 Å². The third-order valence-corrected chi connectivity index (χ3v) is 13.0. The quantitative estimate of drug-likeness (QED) is 0.131. The fourth-order valence-corrected chi connectivity index (χ4v) is 9.04. The molecular weight excluding hydrogens is 863 g/mol. The van der Waals surface area contributed by atoms with Crippen LogP contribution in [-0.4, -0.2) is 101 Å². The Balaban J connectivity index is 0.00000211. The Hall–Kier alpha value is -3.79. The molecule has 13 nitrogen and oxygen atoms in total. The zero-order valence-corrected chi connectivity index (χ0v) is 40.4. The summed E-state index contributed by atoms with van der Waals surface area (Å²) in [5.41, 5.74) is 5.64. The summed E-state index contributed by atoms with van der Waals surface area (Å²) in [4.78, 5) is 60.6. The van der Waals surface area contributed by atoms with Crippen molar-refractivity contribution in [2.75, 3.05) is 47.6 Å². The van der Waals surface area contributed by atoms with Gasteiger partial charge in [-0.25, -0.2) is 14.8 Å². The van der Waals surface area contributed by atoms with Gasteiger partial charge in [0.2, 0.25) is 11.8 Å². The fraction of sp³-hybridized carbons (Fsp3) is 0.533. The lowest BCUT2D eigenvalue weighted by molar-refractivity contribution is -0.139. The largest absolute Gasteiger partial charge is 0.453 e. The minimum Gasteiger partial charge on any atom is -0.453 e. The first-order chi connectivity index (χ1) is 27.9. The van der Waals surface area contributed by atoms with Crippen molar-refractivity contribution in [1.29, 1.82) is 0 Å². The first-order valence-electron chi connectivity index (χ1n) is 20.5. The van der Waals surface area contributed by atoms with Crippen molar-refractivity contribution < 1.29 is 28.6 Å². The first kappa shape index (κ1) is 50.9. The van der Waals surface area contributed by atoms with Gasteiger partial charge in [0.05, 0.1) is 55.3 Å². The summed E-state index contributed by atoms with van der Waals surface area (Å²) >= 11 is 0. The number of H-pyrrole nitrogens is 2. The van der Waals surface area contributed by atoms with Crippen molar-refractivity contribution in [3.8, 4) is 23.1 Å². The summed E-state index contributed by atoms with van der Waals surface area (Å²) in [5, 5.41) is 2.74. The minimum absolute atomic E-state index is 0. The predicted molar refractivity (Wildman–Crippen MR) is 260 cm³/mol. The van der Waals surface area contributed by atoms with Crippen LogP contribution in [0.3, 0.4) is 0 Å². The Morgan fingerprint density at radius 1 is 0.790 bits per heavy atom. The summed E-state index contributed by atoms with van der Waals surface area (Å²) in [6.07, 6.45) is 7.44. The maximum Gasteiger partial charge on any atom is 0.407 e. The predicted octanol–water partition coefficient (Wildman–Crippen LogP) is 6.84. The van der Waals surface area contributed by atoms with Gasteiger partial charge < -0.3 is 39.3 Å². The number of hydrogen-bond acceptors (Lipinski definition) is 8. The molecule has 4 aliphatic rings. The molecule has 338 valence electrons. The van der Waals surface area contributed by atoms with Crippen LogP contribution >= 0.6 is 54.0 Å². The number of hydrogen-bond donors (Lipinski definition) is 3. The fourth-order valence-electron chi connectivity index (χ4n) is 9.04. The molecule has 17 heteroatoms. The molecule has 0 radical (unpaired) electrons. The molecule has 62 heavy (non-hydrogen) atoms. The molecule has 2 aromatic carbocycles. The first-order valence-corrected chi connectivity index (χ1v) is 20.5. The molecule has 3 amide bonds. The molecular formula is C45H63N7O6S4. The maximum atomic E-state index is 13.9. The molecule has 4 atom stereocenters. The number of imidazole rings is 2. The van der Waals surface area contributed by atoms with Crippen LogP contribution in [0.1, 0.15) is 94.2 Å². The van der Waals surface area contributed by atoms with Gasteiger partial charge in [-0.3, -0.25) is 9.59 Å². The molecule has 2 spiro atoms. The molecule has 8 rings (SSSR count). The van der Waals surface area contributed by atoms with Crippen molar-refractivity contribution in [3.63, 3.8) is 0 Å². The van der Waals surface area contributed by atoms with Crippen LogP contribution in [0.4, 0.5) is 4.79 Å². The molecule has 2 aliphatic carbocycles. The third-order valence-electron chi connectivity index (χ3n) is 13.0. The summed E-state index contributed by atoms with van der Waals surface area (Å²) in [6, 6.07) is 13.1. The van der Waals surface area contributed by atoms with E-state index in [0.29, 0.717) is 19.8 Å². The standard InChI is InChI=1S/C45H55N7O6.4H2S/c1-27(2)38(50-43(55)58-6)42(54)52-26-44(15-16-44)20-36(52)39-46-22-35(49-39)31-12-9-29(10-13-31)7-8-30-11-14-33-34(19-30)48-40(47-33)37-21-45(17-18-45)25-51(37)41(53)28(3)32(23-56-4)24-57-5;;;;/h9-14,19,22,27-28,32,36-38H,15-18,20-21,23-26H2,1-6H3,(H,46,49)(H,47,48)(H,50,55);4*1H2/t28-,36-,37-,38-;;;;/m0..../s1. The van der Waals surface area contributed by atoms with Gasteiger partial charge in [0, 0.05) is 50.3 Å². The SMILES string of the molecule is COCC(COC)[C@H](C)C(=O)N1CC2(CC2)C[C@H]1c1nc2ccc(C#Cc3ccc(-c4cnc([C@@H]5CC6(CC6)CN5C(=O)[C@@H](NC(=O)OC)C(C)C)[nH]4)cc3)cc2[nH]1.S.S.S.S. The number of aromatic nitrogens is 4. The van der Waals surface area contributed by atoms with Crippen molar-refractivity contribution in [1.82, 2.24) is 35.1 Å². The van der Waals surface area contributed by atoms with Crippen LogP contribution in [0.25, 0.3) is 22.3 Å². The lowest BCUT2D eigenvalue weighted by atomic mass is 9.93. The Morgan fingerprint density at radius 3 is 1.92 bits per heavy atom.